The lowest BCUT2D eigenvalue weighted by molar-refractivity contribution is 0.0691. The highest BCUT2D eigenvalue weighted by molar-refractivity contribution is 5.95. The fourth-order valence-corrected chi connectivity index (χ4v) is 2.56. The number of pyridine rings is 2. The Balaban J connectivity index is 2.06. The van der Waals surface area contributed by atoms with Crippen molar-refractivity contribution in [3.63, 3.8) is 0 Å². The molecule has 19 heavy (non-hydrogen) atoms. The van der Waals surface area contributed by atoms with Gasteiger partial charge in [0.15, 0.2) is 11.5 Å². The lowest BCUT2D eigenvalue weighted by atomic mass is 10.2. The van der Waals surface area contributed by atoms with Crippen molar-refractivity contribution >= 4 is 22.7 Å². The molecular formula is C14H15N3O2. The zero-order valence-corrected chi connectivity index (χ0v) is 10.5. The molecule has 5 nitrogen and oxygen atoms in total. The number of carbonyl (C=O) groups is 1. The Hall–Kier alpha value is -2.17. The molecule has 0 atom stereocenters. The van der Waals surface area contributed by atoms with Gasteiger partial charge in [0.2, 0.25) is 0 Å². The average Bonchev–Trinajstić information content (AvgIpc) is 2.91. The van der Waals surface area contributed by atoms with E-state index in [1.54, 1.807) is 18.3 Å². The minimum atomic E-state index is -1.01. The largest absolute Gasteiger partial charge is 0.477 e. The van der Waals surface area contributed by atoms with E-state index < -0.39 is 5.97 Å². The molecule has 0 aliphatic heterocycles. The molecule has 1 saturated carbocycles. The molecule has 2 aromatic rings. The van der Waals surface area contributed by atoms with Gasteiger partial charge in [-0.05, 0) is 25.0 Å². The van der Waals surface area contributed by atoms with Gasteiger partial charge in [0.25, 0.3) is 0 Å². The van der Waals surface area contributed by atoms with Crippen molar-refractivity contribution in [3.05, 3.63) is 30.1 Å². The van der Waals surface area contributed by atoms with Crippen LogP contribution in [0, 0.1) is 0 Å². The highest BCUT2D eigenvalue weighted by atomic mass is 16.4. The van der Waals surface area contributed by atoms with Gasteiger partial charge in [0, 0.05) is 17.6 Å². The van der Waals surface area contributed by atoms with Crippen LogP contribution in [0.15, 0.2) is 24.4 Å². The Kier molecular flexibility index (Phi) is 3.03. The lowest BCUT2D eigenvalue weighted by Gasteiger charge is -2.14. The van der Waals surface area contributed by atoms with Crippen LogP contribution in [-0.4, -0.2) is 27.1 Å². The number of rotatable bonds is 3. The van der Waals surface area contributed by atoms with E-state index in [9.17, 15) is 4.79 Å². The number of carboxylic acids is 1. The first kappa shape index (κ1) is 11.9. The molecule has 0 spiro atoms. The summed E-state index contributed by atoms with van der Waals surface area (Å²) in [6, 6.07) is 5.59. The zero-order chi connectivity index (χ0) is 13.2. The lowest BCUT2D eigenvalue weighted by Crippen LogP contribution is -2.17. The van der Waals surface area contributed by atoms with Crippen molar-refractivity contribution in [3.8, 4) is 0 Å². The summed E-state index contributed by atoms with van der Waals surface area (Å²) in [7, 11) is 0. The number of fused-ring (bicyclic) bond motifs is 1. The van der Waals surface area contributed by atoms with E-state index in [-0.39, 0.29) is 5.69 Å². The molecule has 2 N–H and O–H groups in total. The second-order valence-electron chi connectivity index (χ2n) is 4.86. The molecule has 0 aromatic carbocycles. The van der Waals surface area contributed by atoms with Crippen LogP contribution in [0.2, 0.25) is 0 Å². The molecule has 0 unspecified atom stereocenters. The van der Waals surface area contributed by atoms with E-state index in [4.69, 9.17) is 5.11 Å². The van der Waals surface area contributed by atoms with Crippen molar-refractivity contribution in [2.24, 2.45) is 0 Å². The van der Waals surface area contributed by atoms with E-state index in [0.717, 1.165) is 23.7 Å². The van der Waals surface area contributed by atoms with Gasteiger partial charge in [-0.25, -0.2) is 9.78 Å². The number of nitrogens with zero attached hydrogens (tertiary/aromatic N) is 2. The molecule has 1 aliphatic carbocycles. The molecule has 0 amide bonds. The van der Waals surface area contributed by atoms with Crippen LogP contribution >= 0.6 is 0 Å². The third-order valence-electron chi connectivity index (χ3n) is 3.50. The third kappa shape index (κ3) is 2.36. The van der Waals surface area contributed by atoms with Crippen molar-refractivity contribution in [1.82, 2.24) is 9.97 Å². The molecule has 1 fully saturated rings. The summed E-state index contributed by atoms with van der Waals surface area (Å²) in [5.74, 6) is -0.428. The van der Waals surface area contributed by atoms with Gasteiger partial charge in [0.05, 0.1) is 0 Å². The van der Waals surface area contributed by atoms with Gasteiger partial charge in [-0.15, -0.1) is 0 Å². The van der Waals surface area contributed by atoms with Gasteiger partial charge >= 0.3 is 5.97 Å². The first-order chi connectivity index (χ1) is 9.24. The summed E-state index contributed by atoms with van der Waals surface area (Å²) < 4.78 is 0. The minimum absolute atomic E-state index is 0.0565. The number of nitrogens with one attached hydrogen (secondary N) is 1. The third-order valence-corrected chi connectivity index (χ3v) is 3.50. The summed E-state index contributed by atoms with van der Waals surface area (Å²) in [4.78, 5) is 19.6. The maximum Gasteiger partial charge on any atom is 0.354 e. The van der Waals surface area contributed by atoms with Gasteiger partial charge in [0.1, 0.15) is 5.52 Å². The Labute approximate surface area is 110 Å². The first-order valence-electron chi connectivity index (χ1n) is 6.49. The molecule has 98 valence electrons. The molecule has 5 heteroatoms. The fourth-order valence-electron chi connectivity index (χ4n) is 2.56. The maximum atomic E-state index is 11.1. The molecule has 3 rings (SSSR count). The smallest absolute Gasteiger partial charge is 0.354 e. The van der Waals surface area contributed by atoms with Crippen LogP contribution in [0.1, 0.15) is 36.2 Å². The zero-order valence-electron chi connectivity index (χ0n) is 10.5. The Morgan fingerprint density at radius 3 is 2.89 bits per heavy atom. The number of hydrogen-bond donors (Lipinski definition) is 2. The maximum absolute atomic E-state index is 11.1. The summed E-state index contributed by atoms with van der Waals surface area (Å²) in [5, 5.41) is 13.3. The number of anilines is 1. The number of hydrogen-bond acceptors (Lipinski definition) is 4. The van der Waals surface area contributed by atoms with E-state index in [0.29, 0.717) is 11.9 Å². The van der Waals surface area contributed by atoms with Gasteiger partial charge in [-0.1, -0.05) is 18.9 Å². The highest BCUT2D eigenvalue weighted by Gasteiger charge is 2.18. The van der Waals surface area contributed by atoms with Crippen LogP contribution in [0.25, 0.3) is 10.9 Å². The Morgan fingerprint density at radius 1 is 1.37 bits per heavy atom. The monoisotopic (exact) mass is 257 g/mol. The normalized spacial score (nSPS) is 15.8. The predicted octanol–water partition coefficient (Wildman–Crippen LogP) is 2.68. The highest BCUT2D eigenvalue weighted by Crippen LogP contribution is 2.25. The van der Waals surface area contributed by atoms with Crippen molar-refractivity contribution in [1.29, 1.82) is 0 Å². The van der Waals surface area contributed by atoms with Crippen LogP contribution in [0.3, 0.4) is 0 Å². The average molecular weight is 257 g/mol. The van der Waals surface area contributed by atoms with E-state index >= 15 is 0 Å². The molecule has 2 aromatic heterocycles. The van der Waals surface area contributed by atoms with Crippen LogP contribution in [0.4, 0.5) is 5.82 Å². The summed E-state index contributed by atoms with van der Waals surface area (Å²) in [5.41, 5.74) is 0.792. The second-order valence-corrected chi connectivity index (χ2v) is 4.86. The minimum Gasteiger partial charge on any atom is -0.477 e. The summed E-state index contributed by atoms with van der Waals surface area (Å²) in [6.45, 7) is 0. The molecule has 0 saturated heterocycles. The summed E-state index contributed by atoms with van der Waals surface area (Å²) >= 11 is 0. The van der Waals surface area contributed by atoms with Crippen molar-refractivity contribution < 1.29 is 9.90 Å². The molecule has 0 radical (unpaired) electrons. The Morgan fingerprint density at radius 2 is 2.16 bits per heavy atom. The summed E-state index contributed by atoms with van der Waals surface area (Å²) in [6.07, 6.45) is 6.33. The number of aromatic carboxylic acids is 1. The van der Waals surface area contributed by atoms with Gasteiger partial charge in [-0.3, -0.25) is 4.98 Å². The quantitative estimate of drug-likeness (QED) is 0.884. The predicted molar refractivity (Wildman–Crippen MR) is 72.4 cm³/mol. The molecular weight excluding hydrogens is 242 g/mol. The molecule has 2 heterocycles. The van der Waals surface area contributed by atoms with E-state index in [1.165, 1.54) is 12.8 Å². The van der Waals surface area contributed by atoms with Crippen molar-refractivity contribution in [2.45, 2.75) is 31.7 Å². The number of carboxylic acid groups (broad SMARTS) is 1. The van der Waals surface area contributed by atoms with E-state index in [2.05, 4.69) is 15.3 Å². The van der Waals surface area contributed by atoms with Gasteiger partial charge in [-0.2, -0.15) is 0 Å². The van der Waals surface area contributed by atoms with Gasteiger partial charge < -0.3 is 10.4 Å². The molecule has 1 aliphatic rings. The van der Waals surface area contributed by atoms with E-state index in [1.807, 2.05) is 6.07 Å². The fraction of sp³-hybridized carbons (Fsp3) is 0.357. The SMILES string of the molecule is O=C(O)c1cc2cccnc2c(NC2CCCC2)n1. The Bertz CT molecular complexity index is 621. The standard InChI is InChI=1S/C14H15N3O2/c18-14(19)11-8-9-4-3-7-15-12(9)13(17-11)16-10-5-1-2-6-10/h3-4,7-8,10H,1-2,5-6H2,(H,16,17)(H,18,19). The van der Waals surface area contributed by atoms with Crippen LogP contribution < -0.4 is 5.32 Å². The molecule has 0 bridgehead atoms. The topological polar surface area (TPSA) is 75.1 Å². The van der Waals surface area contributed by atoms with Crippen molar-refractivity contribution in [2.75, 3.05) is 5.32 Å². The van der Waals surface area contributed by atoms with Crippen LogP contribution in [-0.2, 0) is 0 Å². The first-order valence-corrected chi connectivity index (χ1v) is 6.49. The second kappa shape index (κ2) is 4.84. The van der Waals surface area contributed by atoms with Crippen LogP contribution in [0.5, 0.6) is 0 Å². The number of aromatic nitrogens is 2.